The number of halogens is 2. The minimum Gasteiger partial charge on any atom is -0.288 e. The van der Waals surface area contributed by atoms with Crippen molar-refractivity contribution >= 4 is 28.2 Å². The van der Waals surface area contributed by atoms with E-state index in [4.69, 9.17) is 0 Å². The van der Waals surface area contributed by atoms with E-state index in [0.29, 0.717) is 11.8 Å². The summed E-state index contributed by atoms with van der Waals surface area (Å²) in [7, 11) is 0. The van der Waals surface area contributed by atoms with E-state index in [2.05, 4.69) is 11.1 Å². The van der Waals surface area contributed by atoms with E-state index in [1.165, 1.54) is 17.2 Å². The van der Waals surface area contributed by atoms with Gasteiger partial charge >= 0.3 is 6.03 Å². The van der Waals surface area contributed by atoms with Crippen LogP contribution in [0.3, 0.4) is 0 Å². The molecule has 128 valence electrons. The zero-order valence-electron chi connectivity index (χ0n) is 13.4. The molecule has 3 aromatic rings. The van der Waals surface area contributed by atoms with Gasteiger partial charge in [0.1, 0.15) is 17.7 Å². The molecule has 2 amide bonds. The smallest absolute Gasteiger partial charge is 0.288 e. The summed E-state index contributed by atoms with van der Waals surface area (Å²) in [4.78, 5) is 19.6. The number of benzene rings is 2. The summed E-state index contributed by atoms with van der Waals surface area (Å²) in [6.45, 7) is -0.0267. The number of hydrogen-bond donors (Lipinski definition) is 0. The van der Waals surface area contributed by atoms with Gasteiger partial charge in [-0.1, -0.05) is 24.3 Å². The summed E-state index contributed by atoms with van der Waals surface area (Å²) in [6.07, 6.45) is 3.17. The molecule has 5 nitrogen and oxygen atoms in total. The number of rotatable bonds is 2. The van der Waals surface area contributed by atoms with Gasteiger partial charge in [0.2, 0.25) is 0 Å². The zero-order chi connectivity index (χ0) is 18.3. The van der Waals surface area contributed by atoms with Gasteiger partial charge in [0, 0.05) is 23.0 Å². The number of nitriles is 1. The van der Waals surface area contributed by atoms with Gasteiger partial charge < -0.3 is 0 Å². The Bertz CT molecular complexity index is 1060. The number of amides is 2. The fourth-order valence-electron chi connectivity index (χ4n) is 3.16. The quantitative estimate of drug-likeness (QED) is 0.705. The van der Waals surface area contributed by atoms with Crippen LogP contribution in [-0.4, -0.2) is 23.6 Å². The highest BCUT2D eigenvalue weighted by Gasteiger charge is 2.41. The Labute approximate surface area is 147 Å². The molecule has 0 saturated carbocycles. The van der Waals surface area contributed by atoms with E-state index >= 15 is 0 Å². The number of fused-ring (bicyclic) bond motifs is 1. The van der Waals surface area contributed by atoms with E-state index in [0.717, 1.165) is 21.7 Å². The maximum absolute atomic E-state index is 14.1. The van der Waals surface area contributed by atoms with Crippen molar-refractivity contribution in [2.45, 2.75) is 6.04 Å². The maximum atomic E-state index is 14.1. The van der Waals surface area contributed by atoms with Crippen LogP contribution in [0.5, 0.6) is 0 Å². The first-order chi connectivity index (χ1) is 12.6. The van der Waals surface area contributed by atoms with Crippen LogP contribution in [0.4, 0.5) is 25.0 Å². The highest BCUT2D eigenvalue weighted by atomic mass is 19.1. The number of aromatic nitrogens is 1. The van der Waals surface area contributed by atoms with Crippen LogP contribution >= 0.6 is 0 Å². The number of hydrogen-bond acceptors (Lipinski definition) is 3. The monoisotopic (exact) mass is 350 g/mol. The molecule has 0 spiro atoms. The normalized spacial score (nSPS) is 17.0. The minimum atomic E-state index is -0.854. The van der Waals surface area contributed by atoms with Crippen LogP contribution in [0.2, 0.25) is 0 Å². The Morgan fingerprint density at radius 3 is 2.69 bits per heavy atom. The number of carbonyl (C=O) groups is 1. The minimum absolute atomic E-state index is 0.0267. The lowest BCUT2D eigenvalue weighted by molar-refractivity contribution is 0.255. The first-order valence-corrected chi connectivity index (χ1v) is 7.88. The van der Waals surface area contributed by atoms with E-state index in [1.807, 2.05) is 24.3 Å². The lowest BCUT2D eigenvalue weighted by atomic mass is 10.1. The van der Waals surface area contributed by atoms with E-state index in [1.54, 1.807) is 6.20 Å². The van der Waals surface area contributed by atoms with Crippen LogP contribution in [0.15, 0.2) is 54.9 Å². The summed E-state index contributed by atoms with van der Waals surface area (Å²) in [5.41, 5.74) is 0.414. The molecule has 0 radical (unpaired) electrons. The molecule has 1 fully saturated rings. The first kappa shape index (κ1) is 16.0. The molecule has 0 bridgehead atoms. The third kappa shape index (κ3) is 2.43. The molecule has 7 heteroatoms. The van der Waals surface area contributed by atoms with Crippen LogP contribution in [0.1, 0.15) is 0 Å². The largest absolute Gasteiger partial charge is 0.330 e. The highest BCUT2D eigenvalue weighted by Crippen LogP contribution is 2.34. The van der Waals surface area contributed by atoms with E-state index < -0.39 is 23.7 Å². The fourth-order valence-corrected chi connectivity index (χ4v) is 3.16. The molecule has 0 unspecified atom stereocenters. The standard InChI is InChI=1S/C19H12F2N4O/c20-13-5-6-17(16(21)7-13)24-11-14(8-22)25(19(24)26)18-10-23-9-12-3-1-2-4-15(12)18/h1-7,9-10,14H,11H2/t14-/m1/s1. The first-order valence-electron chi connectivity index (χ1n) is 7.88. The Balaban J connectivity index is 1.82. The molecule has 1 aromatic heterocycles. The van der Waals surface area contributed by atoms with Crippen molar-refractivity contribution < 1.29 is 13.6 Å². The van der Waals surface area contributed by atoms with Gasteiger partial charge in [-0.05, 0) is 12.1 Å². The Morgan fingerprint density at radius 1 is 1.12 bits per heavy atom. The summed E-state index contributed by atoms with van der Waals surface area (Å²) in [5, 5.41) is 11.1. The molecular formula is C19H12F2N4O. The highest BCUT2D eigenvalue weighted by molar-refractivity contribution is 6.11. The molecule has 1 saturated heterocycles. The lowest BCUT2D eigenvalue weighted by Gasteiger charge is -2.21. The predicted molar refractivity (Wildman–Crippen MR) is 92.7 cm³/mol. The average molecular weight is 350 g/mol. The number of urea groups is 1. The van der Waals surface area contributed by atoms with Crippen LogP contribution in [0, 0.1) is 23.0 Å². The third-order valence-electron chi connectivity index (χ3n) is 4.36. The van der Waals surface area contributed by atoms with Crippen molar-refractivity contribution in [1.29, 1.82) is 5.26 Å². The molecule has 1 atom stereocenters. The Hall–Kier alpha value is -3.53. The number of carbonyl (C=O) groups excluding carboxylic acids is 1. The molecule has 1 aliphatic rings. The third-order valence-corrected chi connectivity index (χ3v) is 4.36. The molecule has 26 heavy (non-hydrogen) atoms. The van der Waals surface area contributed by atoms with Crippen molar-refractivity contribution in [2.75, 3.05) is 16.3 Å². The molecule has 2 heterocycles. The maximum Gasteiger partial charge on any atom is 0.330 e. The van der Waals surface area contributed by atoms with E-state index in [9.17, 15) is 18.8 Å². The van der Waals surface area contributed by atoms with E-state index in [-0.39, 0.29) is 12.2 Å². The molecular weight excluding hydrogens is 338 g/mol. The second kappa shape index (κ2) is 6.08. The van der Waals surface area contributed by atoms with Crippen molar-refractivity contribution in [3.05, 3.63) is 66.5 Å². The van der Waals surface area contributed by atoms with Gasteiger partial charge in [0.05, 0.1) is 30.2 Å². The summed E-state index contributed by atoms with van der Waals surface area (Å²) >= 11 is 0. The number of pyridine rings is 1. The lowest BCUT2D eigenvalue weighted by Crippen LogP contribution is -2.35. The molecule has 0 aliphatic carbocycles. The Kier molecular flexibility index (Phi) is 3.73. The summed E-state index contributed by atoms with van der Waals surface area (Å²) < 4.78 is 27.3. The van der Waals surface area contributed by atoms with Gasteiger partial charge in [-0.15, -0.1) is 0 Å². The zero-order valence-corrected chi connectivity index (χ0v) is 13.4. The average Bonchev–Trinajstić information content (AvgIpc) is 2.97. The topological polar surface area (TPSA) is 60.2 Å². The van der Waals surface area contributed by atoms with Gasteiger partial charge in [0.15, 0.2) is 0 Å². The fraction of sp³-hybridized carbons (Fsp3) is 0.105. The summed E-state index contributed by atoms with van der Waals surface area (Å²) in [5.74, 6) is -1.59. The van der Waals surface area contributed by atoms with Crippen molar-refractivity contribution in [2.24, 2.45) is 0 Å². The molecule has 1 aliphatic heterocycles. The number of anilines is 2. The molecule has 0 N–H and O–H groups in total. The van der Waals surface area contributed by atoms with Crippen molar-refractivity contribution in [3.63, 3.8) is 0 Å². The SMILES string of the molecule is N#C[C@@H]1CN(c2ccc(F)cc2F)C(=O)N1c1cncc2ccccc12. The predicted octanol–water partition coefficient (Wildman–Crippen LogP) is 3.85. The second-order valence-corrected chi connectivity index (χ2v) is 5.88. The van der Waals surface area contributed by atoms with Crippen molar-refractivity contribution in [1.82, 2.24) is 4.98 Å². The second-order valence-electron chi connectivity index (χ2n) is 5.88. The van der Waals surface area contributed by atoms with Crippen molar-refractivity contribution in [3.8, 4) is 6.07 Å². The number of nitrogens with zero attached hydrogens (tertiary/aromatic N) is 4. The van der Waals surface area contributed by atoms with Gasteiger partial charge in [-0.2, -0.15) is 5.26 Å². The van der Waals surface area contributed by atoms with Crippen LogP contribution in [-0.2, 0) is 0 Å². The van der Waals surface area contributed by atoms with Crippen LogP contribution in [0.25, 0.3) is 10.8 Å². The molecule has 4 rings (SSSR count). The van der Waals surface area contributed by atoms with Gasteiger partial charge in [-0.25, -0.2) is 13.6 Å². The molecule has 2 aromatic carbocycles. The van der Waals surface area contributed by atoms with Gasteiger partial charge in [-0.3, -0.25) is 14.8 Å². The van der Waals surface area contributed by atoms with Crippen LogP contribution < -0.4 is 9.80 Å². The Morgan fingerprint density at radius 2 is 1.92 bits per heavy atom. The summed E-state index contributed by atoms with van der Waals surface area (Å²) in [6, 6.07) is 11.0. The van der Waals surface area contributed by atoms with Gasteiger partial charge in [0.25, 0.3) is 0 Å².